The van der Waals surface area contributed by atoms with Gasteiger partial charge in [-0.25, -0.2) is 4.57 Å². The highest BCUT2D eigenvalue weighted by Gasteiger charge is 2.28. The predicted octanol–water partition coefficient (Wildman–Crippen LogP) is 7.94. The number of allylic oxidation sites excluding steroid dienone is 4. The van der Waals surface area contributed by atoms with Crippen molar-refractivity contribution in [3.8, 4) is 0 Å². The summed E-state index contributed by atoms with van der Waals surface area (Å²) in [7, 11) is -4.71. The molecule has 0 heterocycles. The summed E-state index contributed by atoms with van der Waals surface area (Å²) < 4.78 is 32.4. The lowest BCUT2D eigenvalue weighted by molar-refractivity contribution is -0.161. The molecule has 0 saturated carbocycles. The van der Waals surface area contributed by atoms with Crippen molar-refractivity contribution in [2.75, 3.05) is 19.8 Å². The summed E-state index contributed by atoms with van der Waals surface area (Å²) in [5, 5.41) is 8.83. The van der Waals surface area contributed by atoms with Crippen molar-refractivity contribution in [3.05, 3.63) is 24.3 Å². The van der Waals surface area contributed by atoms with Crippen molar-refractivity contribution in [2.24, 2.45) is 5.73 Å². The number of hydrogen-bond donors (Lipinski definition) is 3. The van der Waals surface area contributed by atoms with E-state index in [1.54, 1.807) is 0 Å². The molecule has 0 aliphatic rings. The number of carboxylic acids is 1. The Morgan fingerprint density at radius 1 is 0.652 bits per heavy atom. The molecule has 3 atom stereocenters. The molecular formula is C34H62NO10P. The molecule has 0 bridgehead atoms. The molecule has 12 heteroatoms. The number of ether oxygens (including phenoxy) is 2. The smallest absolute Gasteiger partial charge is 0.472 e. The Labute approximate surface area is 277 Å². The van der Waals surface area contributed by atoms with Gasteiger partial charge in [-0.15, -0.1) is 0 Å². The quantitative estimate of drug-likeness (QED) is 0.0273. The van der Waals surface area contributed by atoms with Crippen LogP contribution >= 0.6 is 7.82 Å². The maximum Gasteiger partial charge on any atom is 0.472 e. The van der Waals surface area contributed by atoms with E-state index in [0.717, 1.165) is 51.4 Å². The van der Waals surface area contributed by atoms with Crippen LogP contribution in [0.15, 0.2) is 24.3 Å². The number of carbonyl (C=O) groups excluding carboxylic acids is 2. The van der Waals surface area contributed by atoms with E-state index in [9.17, 15) is 23.8 Å². The third-order valence-corrected chi connectivity index (χ3v) is 8.12. The summed E-state index contributed by atoms with van der Waals surface area (Å²) in [4.78, 5) is 45.5. The zero-order valence-corrected chi connectivity index (χ0v) is 29.3. The Balaban J connectivity index is 4.56. The Morgan fingerprint density at radius 3 is 1.54 bits per heavy atom. The Bertz CT molecular complexity index is 895. The zero-order chi connectivity index (χ0) is 34.3. The number of nitrogens with two attached hydrogens (primary N) is 1. The molecular weight excluding hydrogens is 613 g/mol. The van der Waals surface area contributed by atoms with Crippen LogP contribution in [-0.4, -0.2) is 59.9 Å². The number of carboxylic acid groups (broad SMARTS) is 1. The maximum absolute atomic E-state index is 12.5. The Kier molecular flexibility index (Phi) is 29.0. The van der Waals surface area contributed by atoms with Crippen LogP contribution in [-0.2, 0) is 37.5 Å². The van der Waals surface area contributed by atoms with Gasteiger partial charge in [0, 0.05) is 12.8 Å². The topological polar surface area (TPSA) is 172 Å². The number of esters is 2. The van der Waals surface area contributed by atoms with Gasteiger partial charge >= 0.3 is 25.7 Å². The fourth-order valence-electron chi connectivity index (χ4n) is 4.35. The van der Waals surface area contributed by atoms with Gasteiger partial charge in [0.15, 0.2) is 6.10 Å². The molecule has 0 fully saturated rings. The van der Waals surface area contributed by atoms with Crippen molar-refractivity contribution < 1.29 is 47.5 Å². The second-order valence-corrected chi connectivity index (χ2v) is 13.1. The van der Waals surface area contributed by atoms with Crippen LogP contribution in [0.1, 0.15) is 142 Å². The molecule has 268 valence electrons. The molecule has 4 N–H and O–H groups in total. The summed E-state index contributed by atoms with van der Waals surface area (Å²) in [6, 6.07) is -1.52. The van der Waals surface area contributed by atoms with Crippen molar-refractivity contribution in [2.45, 2.75) is 154 Å². The second kappa shape index (κ2) is 30.3. The molecule has 1 unspecified atom stereocenters. The highest BCUT2D eigenvalue weighted by atomic mass is 31.2. The van der Waals surface area contributed by atoms with Crippen LogP contribution in [0, 0.1) is 0 Å². The first-order valence-corrected chi connectivity index (χ1v) is 18.9. The van der Waals surface area contributed by atoms with Crippen LogP contribution in [0.25, 0.3) is 0 Å². The van der Waals surface area contributed by atoms with Crippen molar-refractivity contribution in [1.29, 1.82) is 0 Å². The third-order valence-electron chi connectivity index (χ3n) is 7.17. The molecule has 0 amide bonds. The van der Waals surface area contributed by atoms with E-state index in [-0.39, 0.29) is 19.4 Å². The second-order valence-electron chi connectivity index (χ2n) is 11.6. The molecule has 0 aromatic rings. The summed E-state index contributed by atoms with van der Waals surface area (Å²) in [6.07, 6.45) is 26.9. The number of rotatable bonds is 32. The van der Waals surface area contributed by atoms with Crippen molar-refractivity contribution >= 4 is 25.7 Å². The van der Waals surface area contributed by atoms with Gasteiger partial charge in [0.25, 0.3) is 0 Å². The van der Waals surface area contributed by atoms with Crippen LogP contribution in [0.2, 0.25) is 0 Å². The van der Waals surface area contributed by atoms with Crippen molar-refractivity contribution in [3.63, 3.8) is 0 Å². The standard InChI is InChI=1S/C34H62NO10P/c1-3-5-7-9-11-13-15-17-19-21-23-25-32(36)42-27-30(28-43-46(40,41)44-29-31(35)34(38)39)45-33(37)26-24-22-20-18-16-14-12-10-8-6-4-2/h13-16,30-31H,3-12,17-29,35H2,1-2H3,(H,38,39)(H,40,41)/b15-13-,16-14-/t30-,31+/m1/s1. The van der Waals surface area contributed by atoms with E-state index in [0.29, 0.717) is 12.8 Å². The summed E-state index contributed by atoms with van der Waals surface area (Å²) in [6.45, 7) is 2.68. The number of carbonyl (C=O) groups is 3. The molecule has 46 heavy (non-hydrogen) atoms. The monoisotopic (exact) mass is 675 g/mol. The largest absolute Gasteiger partial charge is 0.480 e. The van der Waals surface area contributed by atoms with Crippen LogP contribution in [0.5, 0.6) is 0 Å². The molecule has 0 aliphatic heterocycles. The van der Waals surface area contributed by atoms with Crippen LogP contribution in [0.3, 0.4) is 0 Å². The Morgan fingerprint density at radius 2 is 1.09 bits per heavy atom. The molecule has 0 saturated heterocycles. The van der Waals surface area contributed by atoms with Crippen LogP contribution in [0.4, 0.5) is 0 Å². The number of phosphoric ester groups is 1. The SMILES string of the molecule is CCCCCC/C=C\CCCCCC(=O)OC[C@H](COP(=O)(O)OC[C@H](N)C(=O)O)OC(=O)CCCCC/C=C\CCCCCC. The predicted molar refractivity (Wildman–Crippen MR) is 180 cm³/mol. The molecule has 0 spiro atoms. The fraction of sp³-hybridized carbons (Fsp3) is 0.794. The van der Waals surface area contributed by atoms with E-state index >= 15 is 0 Å². The highest BCUT2D eigenvalue weighted by Crippen LogP contribution is 2.43. The van der Waals surface area contributed by atoms with Gasteiger partial charge in [0.2, 0.25) is 0 Å². The maximum atomic E-state index is 12.5. The Hall–Kier alpha value is -2.04. The van der Waals surface area contributed by atoms with E-state index in [1.165, 1.54) is 51.4 Å². The summed E-state index contributed by atoms with van der Waals surface area (Å²) >= 11 is 0. The minimum absolute atomic E-state index is 0.138. The number of hydrogen-bond acceptors (Lipinski definition) is 9. The fourth-order valence-corrected chi connectivity index (χ4v) is 5.12. The van der Waals surface area contributed by atoms with E-state index < -0.39 is 51.1 Å². The lowest BCUT2D eigenvalue weighted by atomic mass is 10.1. The van der Waals surface area contributed by atoms with Gasteiger partial charge in [-0.05, 0) is 64.2 Å². The van der Waals surface area contributed by atoms with Crippen molar-refractivity contribution in [1.82, 2.24) is 0 Å². The first kappa shape index (κ1) is 44.0. The van der Waals surface area contributed by atoms with Gasteiger partial charge in [-0.3, -0.25) is 23.4 Å². The third kappa shape index (κ3) is 29.4. The number of phosphoric acid groups is 1. The van der Waals surface area contributed by atoms with Gasteiger partial charge < -0.3 is 25.2 Å². The number of unbranched alkanes of at least 4 members (excludes halogenated alkanes) is 14. The van der Waals surface area contributed by atoms with Gasteiger partial charge in [0.05, 0.1) is 13.2 Å². The zero-order valence-electron chi connectivity index (χ0n) is 28.4. The van der Waals surface area contributed by atoms with Gasteiger partial charge in [-0.1, -0.05) is 89.5 Å². The summed E-state index contributed by atoms with van der Waals surface area (Å²) in [5.74, 6) is -2.43. The minimum atomic E-state index is -4.71. The number of aliphatic carboxylic acids is 1. The van der Waals surface area contributed by atoms with E-state index in [2.05, 4.69) is 42.7 Å². The highest BCUT2D eigenvalue weighted by molar-refractivity contribution is 7.47. The molecule has 0 radical (unpaired) electrons. The lowest BCUT2D eigenvalue weighted by Crippen LogP contribution is -2.34. The lowest BCUT2D eigenvalue weighted by Gasteiger charge is -2.20. The molecule has 0 aromatic heterocycles. The first-order chi connectivity index (χ1) is 22.1. The van der Waals surface area contributed by atoms with E-state index in [4.69, 9.17) is 24.8 Å². The molecule has 0 rings (SSSR count). The van der Waals surface area contributed by atoms with E-state index in [1.807, 2.05) is 0 Å². The summed E-state index contributed by atoms with van der Waals surface area (Å²) in [5.41, 5.74) is 5.29. The van der Waals surface area contributed by atoms with Gasteiger partial charge in [-0.2, -0.15) is 0 Å². The normalized spacial score (nSPS) is 14.3. The van der Waals surface area contributed by atoms with Gasteiger partial charge in [0.1, 0.15) is 12.6 Å². The molecule has 11 nitrogen and oxygen atoms in total. The average Bonchev–Trinajstić information content (AvgIpc) is 3.02. The first-order valence-electron chi connectivity index (χ1n) is 17.4. The van der Waals surface area contributed by atoms with Crippen LogP contribution < -0.4 is 5.73 Å². The average molecular weight is 676 g/mol. The molecule has 0 aliphatic carbocycles. The minimum Gasteiger partial charge on any atom is -0.480 e. The molecule has 0 aromatic carbocycles.